The lowest BCUT2D eigenvalue weighted by Crippen LogP contribution is -2.16. The maximum Gasteiger partial charge on any atom is 0.417 e. The monoisotopic (exact) mass is 322 g/mol. The predicted octanol–water partition coefficient (Wildman–Crippen LogP) is 4.93. The van der Waals surface area contributed by atoms with Crippen LogP contribution in [0.5, 0.6) is 0 Å². The second-order valence-corrected chi connectivity index (χ2v) is 5.67. The Morgan fingerprint density at radius 3 is 2.77 bits per heavy atom. The summed E-state index contributed by atoms with van der Waals surface area (Å²) >= 11 is 6.14. The number of nitrogens with zero attached hydrogens (tertiary/aromatic N) is 2. The van der Waals surface area contributed by atoms with E-state index in [1.807, 2.05) is 4.57 Å². The summed E-state index contributed by atoms with van der Waals surface area (Å²) in [5, 5.41) is 1.12. The fraction of sp³-hybridized carbons (Fsp3) is 0.188. The molecule has 0 radical (unpaired) electrons. The zero-order chi connectivity index (χ0) is 15.5. The van der Waals surface area contributed by atoms with Gasteiger partial charge < -0.3 is 4.57 Å². The number of rotatable bonds is 0. The number of fused-ring (bicyclic) bond motifs is 5. The van der Waals surface area contributed by atoms with Gasteiger partial charge in [-0.3, -0.25) is 0 Å². The van der Waals surface area contributed by atoms with Crippen molar-refractivity contribution in [2.75, 3.05) is 0 Å². The van der Waals surface area contributed by atoms with Gasteiger partial charge in [-0.15, -0.1) is 0 Å². The molecule has 6 heteroatoms. The number of aromatic nitrogens is 2. The molecule has 1 aliphatic heterocycles. The van der Waals surface area contributed by atoms with Crippen molar-refractivity contribution in [3.63, 3.8) is 0 Å². The number of alkyl halides is 3. The number of hydrogen-bond acceptors (Lipinski definition) is 1. The molecule has 3 heterocycles. The molecule has 0 N–H and O–H groups in total. The third kappa shape index (κ3) is 1.85. The lowest BCUT2D eigenvalue weighted by Gasteiger charge is -2.23. The van der Waals surface area contributed by atoms with Gasteiger partial charge in [-0.2, -0.15) is 13.2 Å². The van der Waals surface area contributed by atoms with E-state index in [4.69, 9.17) is 11.6 Å². The van der Waals surface area contributed by atoms with Crippen LogP contribution in [0.15, 0.2) is 36.5 Å². The minimum atomic E-state index is -4.38. The Balaban J connectivity index is 2.10. The Kier molecular flexibility index (Phi) is 2.78. The lowest BCUT2D eigenvalue weighted by molar-refractivity contribution is -0.137. The van der Waals surface area contributed by atoms with E-state index in [1.54, 1.807) is 24.4 Å². The smallest absolute Gasteiger partial charge is 0.338 e. The normalized spacial score (nSPS) is 14.0. The van der Waals surface area contributed by atoms with Gasteiger partial charge >= 0.3 is 6.18 Å². The summed E-state index contributed by atoms with van der Waals surface area (Å²) in [7, 11) is 0. The van der Waals surface area contributed by atoms with Crippen molar-refractivity contribution < 1.29 is 13.2 Å². The molecule has 0 atom stereocenters. The van der Waals surface area contributed by atoms with E-state index in [9.17, 15) is 13.2 Å². The molecule has 1 aliphatic rings. The first-order valence-corrected chi connectivity index (χ1v) is 7.18. The van der Waals surface area contributed by atoms with Crippen molar-refractivity contribution in [1.82, 2.24) is 9.55 Å². The fourth-order valence-electron chi connectivity index (χ4n) is 3.19. The summed E-state index contributed by atoms with van der Waals surface area (Å²) in [6, 6.07) is 7.88. The first-order valence-electron chi connectivity index (χ1n) is 6.80. The molecule has 0 saturated carbocycles. The summed E-state index contributed by atoms with van der Waals surface area (Å²) in [6.07, 6.45) is -2.28. The lowest BCUT2D eigenvalue weighted by atomic mass is 9.93. The molecule has 1 aromatic carbocycles. The first-order chi connectivity index (χ1) is 10.5. The van der Waals surface area contributed by atoms with Gasteiger partial charge in [0.05, 0.1) is 16.8 Å². The standard InChI is InChI=1S/C16H10ClF3N2/c17-15-14-10(4-6-21-15)8-12-13-9(5-7-22(12)14)2-1-3-11(13)16(18,19)20/h1-4,6,8H,5,7H2. The van der Waals surface area contributed by atoms with E-state index in [1.165, 1.54) is 6.07 Å². The third-order valence-corrected chi connectivity index (χ3v) is 4.36. The van der Waals surface area contributed by atoms with Crippen LogP contribution in [0.1, 0.15) is 11.1 Å². The Hall–Kier alpha value is -2.01. The Morgan fingerprint density at radius 2 is 2.00 bits per heavy atom. The summed E-state index contributed by atoms with van der Waals surface area (Å²) in [6.45, 7) is 0.596. The molecular weight excluding hydrogens is 313 g/mol. The highest BCUT2D eigenvalue weighted by atomic mass is 35.5. The van der Waals surface area contributed by atoms with Crippen molar-refractivity contribution in [2.24, 2.45) is 0 Å². The van der Waals surface area contributed by atoms with Crippen LogP contribution < -0.4 is 0 Å². The van der Waals surface area contributed by atoms with Gasteiger partial charge in [-0.25, -0.2) is 4.98 Å². The maximum absolute atomic E-state index is 13.4. The van der Waals surface area contributed by atoms with Crippen LogP contribution in [0.25, 0.3) is 22.2 Å². The first kappa shape index (κ1) is 13.6. The minimum absolute atomic E-state index is 0.258. The SMILES string of the molecule is FC(F)(F)c1cccc2c1-c1cc3ccnc(Cl)c3n1CC2. The Labute approximate surface area is 129 Å². The second-order valence-electron chi connectivity index (χ2n) is 5.31. The number of pyridine rings is 1. The highest BCUT2D eigenvalue weighted by Crippen LogP contribution is 2.43. The molecule has 0 unspecified atom stereocenters. The van der Waals surface area contributed by atoms with Gasteiger partial charge in [0.1, 0.15) is 0 Å². The van der Waals surface area contributed by atoms with E-state index < -0.39 is 11.7 Å². The molecule has 3 aromatic rings. The molecule has 22 heavy (non-hydrogen) atoms. The van der Waals surface area contributed by atoms with Crippen LogP contribution in [0.4, 0.5) is 13.2 Å². The Morgan fingerprint density at radius 1 is 1.18 bits per heavy atom. The van der Waals surface area contributed by atoms with Crippen molar-refractivity contribution in [3.8, 4) is 11.3 Å². The van der Waals surface area contributed by atoms with E-state index in [0.29, 0.717) is 34.9 Å². The van der Waals surface area contributed by atoms with Gasteiger partial charge in [0.2, 0.25) is 0 Å². The molecule has 2 nitrogen and oxygen atoms in total. The maximum atomic E-state index is 13.4. The molecule has 0 amide bonds. The molecule has 0 spiro atoms. The third-order valence-electron chi connectivity index (χ3n) is 4.08. The van der Waals surface area contributed by atoms with Crippen LogP contribution in [-0.4, -0.2) is 9.55 Å². The van der Waals surface area contributed by atoms with Gasteiger partial charge in [0.25, 0.3) is 0 Å². The molecule has 0 aliphatic carbocycles. The highest BCUT2D eigenvalue weighted by molar-refractivity contribution is 6.34. The minimum Gasteiger partial charge on any atom is -0.338 e. The van der Waals surface area contributed by atoms with Crippen molar-refractivity contribution in [3.05, 3.63) is 52.8 Å². The van der Waals surface area contributed by atoms with Crippen LogP contribution >= 0.6 is 11.6 Å². The number of benzene rings is 1. The van der Waals surface area contributed by atoms with Gasteiger partial charge in [0, 0.05) is 23.7 Å². The second kappa shape index (κ2) is 4.49. The van der Waals surface area contributed by atoms with Crippen molar-refractivity contribution >= 4 is 22.5 Å². The fourth-order valence-corrected chi connectivity index (χ4v) is 3.46. The molecular formula is C16H10ClF3N2. The summed E-state index contributed by atoms with van der Waals surface area (Å²) < 4.78 is 41.9. The number of aryl methyl sites for hydroxylation is 2. The van der Waals surface area contributed by atoms with E-state index in [-0.39, 0.29) is 5.56 Å². The summed E-state index contributed by atoms with van der Waals surface area (Å²) in [5.41, 5.74) is 1.63. The van der Waals surface area contributed by atoms with Crippen LogP contribution in [0, 0.1) is 0 Å². The summed E-state index contributed by atoms with van der Waals surface area (Å²) in [5.74, 6) is 0. The van der Waals surface area contributed by atoms with Crippen molar-refractivity contribution in [1.29, 1.82) is 0 Å². The molecule has 4 rings (SSSR count). The zero-order valence-electron chi connectivity index (χ0n) is 11.3. The molecule has 112 valence electrons. The van der Waals surface area contributed by atoms with E-state index in [0.717, 1.165) is 11.5 Å². The van der Waals surface area contributed by atoms with Gasteiger partial charge in [-0.1, -0.05) is 23.7 Å². The molecule has 0 fully saturated rings. The van der Waals surface area contributed by atoms with Crippen molar-refractivity contribution in [2.45, 2.75) is 19.1 Å². The average molecular weight is 323 g/mol. The average Bonchev–Trinajstić information content (AvgIpc) is 2.85. The van der Waals surface area contributed by atoms with Crippen LogP contribution in [0.2, 0.25) is 5.15 Å². The largest absolute Gasteiger partial charge is 0.417 e. The quantitative estimate of drug-likeness (QED) is 0.536. The molecule has 0 bridgehead atoms. The topological polar surface area (TPSA) is 17.8 Å². The summed E-state index contributed by atoms with van der Waals surface area (Å²) in [4.78, 5) is 4.04. The van der Waals surface area contributed by atoms with Gasteiger partial charge in [0.15, 0.2) is 5.15 Å². The predicted molar refractivity (Wildman–Crippen MR) is 78.9 cm³/mol. The van der Waals surface area contributed by atoms with Crippen LogP contribution in [-0.2, 0) is 19.1 Å². The molecule has 2 aromatic heterocycles. The van der Waals surface area contributed by atoms with E-state index in [2.05, 4.69) is 4.98 Å². The zero-order valence-corrected chi connectivity index (χ0v) is 12.0. The number of halogens is 4. The highest BCUT2D eigenvalue weighted by Gasteiger charge is 2.36. The van der Waals surface area contributed by atoms with Crippen LogP contribution in [0.3, 0.4) is 0 Å². The number of hydrogen-bond donors (Lipinski definition) is 0. The molecule has 0 saturated heterocycles. The van der Waals surface area contributed by atoms with Gasteiger partial charge in [-0.05, 0) is 30.2 Å². The Bertz CT molecular complexity index is 896. The van der Waals surface area contributed by atoms with E-state index >= 15 is 0 Å².